The normalized spacial score (nSPS) is 10.6. The number of nitrogens with zero attached hydrogens (tertiary/aromatic N) is 1. The van der Waals surface area contributed by atoms with Gasteiger partial charge in [0.2, 0.25) is 5.91 Å². The molecule has 5 nitrogen and oxygen atoms in total. The average Bonchev–Trinajstić information content (AvgIpc) is 3.20. The van der Waals surface area contributed by atoms with Gasteiger partial charge in [0.05, 0.1) is 12.8 Å². The van der Waals surface area contributed by atoms with Crippen molar-refractivity contribution >= 4 is 11.8 Å². The average molecular weight is 370 g/mol. The quantitative estimate of drug-likeness (QED) is 0.591. The van der Waals surface area contributed by atoms with Crippen LogP contribution in [-0.2, 0) is 17.9 Å². The molecule has 1 N–H and O–H groups in total. The van der Waals surface area contributed by atoms with Crippen LogP contribution < -0.4 is 5.32 Å². The second kappa shape index (κ2) is 11.2. The third-order valence-corrected chi connectivity index (χ3v) is 4.59. The Bertz CT molecular complexity index is 693. The highest BCUT2D eigenvalue weighted by molar-refractivity contribution is 5.93. The van der Waals surface area contributed by atoms with Crippen LogP contribution in [-0.4, -0.2) is 23.8 Å². The zero-order valence-corrected chi connectivity index (χ0v) is 16.4. The van der Waals surface area contributed by atoms with Crippen molar-refractivity contribution in [1.29, 1.82) is 0 Å². The van der Waals surface area contributed by atoms with Crippen molar-refractivity contribution in [2.24, 2.45) is 0 Å². The summed E-state index contributed by atoms with van der Waals surface area (Å²) in [4.78, 5) is 26.2. The van der Waals surface area contributed by atoms with Gasteiger partial charge in [0.25, 0.3) is 5.91 Å². The number of amides is 2. The molecule has 0 saturated heterocycles. The van der Waals surface area contributed by atoms with Crippen LogP contribution >= 0.6 is 0 Å². The zero-order valence-electron chi connectivity index (χ0n) is 16.4. The summed E-state index contributed by atoms with van der Waals surface area (Å²) in [5.41, 5.74) is 1.61. The first-order valence-electron chi connectivity index (χ1n) is 9.75. The Balaban J connectivity index is 1.99. The molecule has 2 aromatic rings. The van der Waals surface area contributed by atoms with E-state index in [-0.39, 0.29) is 11.8 Å². The van der Waals surface area contributed by atoms with Gasteiger partial charge in [-0.2, -0.15) is 0 Å². The monoisotopic (exact) mass is 370 g/mol. The summed E-state index contributed by atoms with van der Waals surface area (Å²) in [6, 6.07) is 11.1. The third kappa shape index (κ3) is 6.93. The lowest BCUT2D eigenvalue weighted by Crippen LogP contribution is -2.29. The van der Waals surface area contributed by atoms with Crippen LogP contribution in [0.4, 0.5) is 0 Å². The number of nitrogens with one attached hydrogen (secondary N) is 1. The Hall–Kier alpha value is -2.56. The first-order chi connectivity index (χ1) is 13.1. The van der Waals surface area contributed by atoms with Gasteiger partial charge in [0, 0.05) is 25.6 Å². The second-order valence-electron chi connectivity index (χ2n) is 6.77. The molecule has 0 aliphatic carbocycles. The Kier molecular flexibility index (Phi) is 8.62. The number of hydrogen-bond donors (Lipinski definition) is 1. The standard InChI is InChI=1S/C22H30N2O3/c1-3-4-5-6-7-10-21(25)24(17-20-9-8-15-27-20)16-18-11-13-19(14-12-18)22(26)23-2/h8-9,11-15H,3-7,10,16-17H2,1-2H3,(H,23,26). The van der Waals surface area contributed by atoms with Gasteiger partial charge < -0.3 is 14.6 Å². The predicted octanol–water partition coefficient (Wildman–Crippen LogP) is 4.53. The van der Waals surface area contributed by atoms with Crippen LogP contribution in [0.3, 0.4) is 0 Å². The van der Waals surface area contributed by atoms with E-state index in [9.17, 15) is 9.59 Å². The molecule has 0 spiro atoms. The Morgan fingerprint density at radius 3 is 2.37 bits per heavy atom. The fourth-order valence-corrected chi connectivity index (χ4v) is 2.99. The molecule has 0 bridgehead atoms. The molecule has 0 unspecified atom stereocenters. The Morgan fingerprint density at radius 2 is 1.74 bits per heavy atom. The molecule has 27 heavy (non-hydrogen) atoms. The van der Waals surface area contributed by atoms with Crippen LogP contribution in [0.15, 0.2) is 47.1 Å². The maximum atomic E-state index is 12.7. The van der Waals surface area contributed by atoms with Gasteiger partial charge in [0.15, 0.2) is 0 Å². The SMILES string of the molecule is CCCCCCCC(=O)N(Cc1ccc(C(=O)NC)cc1)Cc1ccco1. The van der Waals surface area contributed by atoms with Crippen molar-refractivity contribution in [1.82, 2.24) is 10.2 Å². The highest BCUT2D eigenvalue weighted by atomic mass is 16.3. The lowest BCUT2D eigenvalue weighted by atomic mass is 10.1. The Morgan fingerprint density at radius 1 is 1.00 bits per heavy atom. The van der Waals surface area contributed by atoms with Crippen LogP contribution in [0.2, 0.25) is 0 Å². The van der Waals surface area contributed by atoms with Crippen molar-refractivity contribution in [3.8, 4) is 0 Å². The van der Waals surface area contributed by atoms with Gasteiger partial charge in [-0.25, -0.2) is 0 Å². The van der Waals surface area contributed by atoms with Gasteiger partial charge in [-0.05, 0) is 36.2 Å². The number of furan rings is 1. The van der Waals surface area contributed by atoms with E-state index >= 15 is 0 Å². The maximum absolute atomic E-state index is 12.7. The second-order valence-corrected chi connectivity index (χ2v) is 6.77. The minimum Gasteiger partial charge on any atom is -0.467 e. The number of benzene rings is 1. The molecule has 1 heterocycles. The van der Waals surface area contributed by atoms with E-state index in [2.05, 4.69) is 12.2 Å². The number of hydrogen-bond acceptors (Lipinski definition) is 3. The molecule has 2 amide bonds. The summed E-state index contributed by atoms with van der Waals surface area (Å²) in [6.45, 7) is 3.15. The number of carbonyl (C=O) groups is 2. The molecular formula is C22H30N2O3. The van der Waals surface area contributed by atoms with Crippen molar-refractivity contribution in [3.05, 3.63) is 59.5 Å². The molecule has 0 aliphatic rings. The van der Waals surface area contributed by atoms with Gasteiger partial charge in [-0.1, -0.05) is 44.7 Å². The Labute approximate surface area is 161 Å². The number of rotatable bonds is 11. The molecule has 146 valence electrons. The van der Waals surface area contributed by atoms with Gasteiger partial charge in [-0.3, -0.25) is 9.59 Å². The molecule has 0 saturated carbocycles. The molecule has 1 aromatic heterocycles. The van der Waals surface area contributed by atoms with Crippen molar-refractivity contribution in [2.75, 3.05) is 7.05 Å². The van der Waals surface area contributed by atoms with E-state index in [0.29, 0.717) is 25.1 Å². The van der Waals surface area contributed by atoms with Crippen LogP contribution in [0.1, 0.15) is 67.1 Å². The lowest BCUT2D eigenvalue weighted by Gasteiger charge is -2.22. The molecule has 2 rings (SSSR count). The largest absolute Gasteiger partial charge is 0.467 e. The molecule has 5 heteroatoms. The highest BCUT2D eigenvalue weighted by Gasteiger charge is 2.16. The van der Waals surface area contributed by atoms with E-state index < -0.39 is 0 Å². The first kappa shape index (κ1) is 20.7. The fraction of sp³-hybridized carbons (Fsp3) is 0.455. The minimum absolute atomic E-state index is 0.114. The summed E-state index contributed by atoms with van der Waals surface area (Å²) in [7, 11) is 1.61. The van der Waals surface area contributed by atoms with E-state index in [1.165, 1.54) is 19.3 Å². The summed E-state index contributed by atoms with van der Waals surface area (Å²) < 4.78 is 5.43. The molecule has 1 aromatic carbocycles. The van der Waals surface area contributed by atoms with E-state index in [1.807, 2.05) is 29.2 Å². The fourth-order valence-electron chi connectivity index (χ4n) is 2.99. The summed E-state index contributed by atoms with van der Waals surface area (Å²) in [5, 5.41) is 2.61. The van der Waals surface area contributed by atoms with Crippen molar-refractivity contribution in [3.63, 3.8) is 0 Å². The summed E-state index contributed by atoms with van der Waals surface area (Å²) in [5.74, 6) is 0.798. The molecule has 0 fully saturated rings. The number of unbranched alkanes of at least 4 members (excludes halogenated alkanes) is 4. The van der Waals surface area contributed by atoms with Crippen molar-refractivity contribution < 1.29 is 14.0 Å². The molecule has 0 aliphatic heterocycles. The lowest BCUT2D eigenvalue weighted by molar-refractivity contribution is -0.132. The smallest absolute Gasteiger partial charge is 0.251 e. The van der Waals surface area contributed by atoms with Crippen molar-refractivity contribution in [2.45, 2.75) is 58.5 Å². The van der Waals surface area contributed by atoms with E-state index in [1.54, 1.807) is 25.4 Å². The third-order valence-electron chi connectivity index (χ3n) is 4.59. The van der Waals surface area contributed by atoms with Crippen LogP contribution in [0, 0.1) is 0 Å². The minimum atomic E-state index is -0.114. The maximum Gasteiger partial charge on any atom is 0.251 e. The molecule has 0 atom stereocenters. The van der Waals surface area contributed by atoms with Gasteiger partial charge in [0.1, 0.15) is 5.76 Å². The summed E-state index contributed by atoms with van der Waals surface area (Å²) >= 11 is 0. The first-order valence-corrected chi connectivity index (χ1v) is 9.75. The molecule has 0 radical (unpaired) electrons. The van der Waals surface area contributed by atoms with Gasteiger partial charge in [-0.15, -0.1) is 0 Å². The molecular weight excluding hydrogens is 340 g/mol. The summed E-state index contributed by atoms with van der Waals surface area (Å²) in [6.07, 6.45) is 7.80. The van der Waals surface area contributed by atoms with Crippen LogP contribution in [0.25, 0.3) is 0 Å². The highest BCUT2D eigenvalue weighted by Crippen LogP contribution is 2.15. The van der Waals surface area contributed by atoms with Crippen LogP contribution in [0.5, 0.6) is 0 Å². The van der Waals surface area contributed by atoms with E-state index in [4.69, 9.17) is 4.42 Å². The van der Waals surface area contributed by atoms with E-state index in [0.717, 1.165) is 24.2 Å². The predicted molar refractivity (Wildman–Crippen MR) is 106 cm³/mol. The van der Waals surface area contributed by atoms with Gasteiger partial charge >= 0.3 is 0 Å². The zero-order chi connectivity index (χ0) is 19.5. The number of carbonyl (C=O) groups excluding carboxylic acids is 2. The topological polar surface area (TPSA) is 62.6 Å².